The number of hydrogen-bond donors (Lipinski definition) is 0. The summed E-state index contributed by atoms with van der Waals surface area (Å²) in [4.78, 5) is 12.7. The summed E-state index contributed by atoms with van der Waals surface area (Å²) in [5.41, 5.74) is 3.06. The second kappa shape index (κ2) is 3.78. The highest BCUT2D eigenvalue weighted by atomic mass is 16.3. The van der Waals surface area contributed by atoms with Crippen molar-refractivity contribution in [3.05, 3.63) is 28.7 Å². The quantitative estimate of drug-likeness (QED) is 0.672. The first-order valence-electron chi connectivity index (χ1n) is 5.06. The van der Waals surface area contributed by atoms with E-state index in [0.29, 0.717) is 5.69 Å². The van der Waals surface area contributed by atoms with Crippen LogP contribution in [-0.2, 0) is 6.42 Å². The molecule has 14 heavy (non-hydrogen) atoms. The lowest BCUT2D eigenvalue weighted by Gasteiger charge is -2.30. The molecule has 0 aliphatic carbocycles. The summed E-state index contributed by atoms with van der Waals surface area (Å²) < 4.78 is 0. The SMILES string of the molecule is CCN1CCCc2ccc(N=O)cc21. The summed E-state index contributed by atoms with van der Waals surface area (Å²) >= 11 is 0. The third kappa shape index (κ3) is 1.50. The van der Waals surface area contributed by atoms with Gasteiger partial charge in [0.25, 0.3) is 0 Å². The summed E-state index contributed by atoms with van der Waals surface area (Å²) in [6.45, 7) is 4.22. The molecule has 3 nitrogen and oxygen atoms in total. The molecule has 1 aliphatic heterocycles. The minimum Gasteiger partial charge on any atom is -0.372 e. The zero-order valence-corrected chi connectivity index (χ0v) is 8.36. The lowest BCUT2D eigenvalue weighted by atomic mass is 10.0. The highest BCUT2D eigenvalue weighted by Gasteiger charge is 2.15. The molecule has 0 saturated heterocycles. The van der Waals surface area contributed by atoms with Gasteiger partial charge in [-0.3, -0.25) is 0 Å². The zero-order valence-electron chi connectivity index (χ0n) is 8.36. The minimum absolute atomic E-state index is 0.532. The number of nitroso groups, excluding NO2 is 1. The summed E-state index contributed by atoms with van der Waals surface area (Å²) in [6.07, 6.45) is 2.32. The fourth-order valence-corrected chi connectivity index (χ4v) is 2.02. The monoisotopic (exact) mass is 190 g/mol. The van der Waals surface area contributed by atoms with Gasteiger partial charge in [0.05, 0.1) is 0 Å². The van der Waals surface area contributed by atoms with Gasteiger partial charge in [-0.25, -0.2) is 0 Å². The first-order valence-corrected chi connectivity index (χ1v) is 5.06. The fourth-order valence-electron chi connectivity index (χ4n) is 2.02. The minimum atomic E-state index is 0.532. The summed E-state index contributed by atoms with van der Waals surface area (Å²) in [6, 6.07) is 5.71. The van der Waals surface area contributed by atoms with Gasteiger partial charge in [-0.15, -0.1) is 4.91 Å². The van der Waals surface area contributed by atoms with E-state index >= 15 is 0 Å². The summed E-state index contributed by atoms with van der Waals surface area (Å²) in [5, 5.41) is 2.97. The van der Waals surface area contributed by atoms with E-state index in [1.807, 2.05) is 12.1 Å². The third-order valence-electron chi connectivity index (χ3n) is 2.77. The maximum Gasteiger partial charge on any atom is 0.110 e. The Kier molecular flexibility index (Phi) is 2.48. The maximum atomic E-state index is 10.4. The molecule has 0 fully saturated rings. The van der Waals surface area contributed by atoms with Gasteiger partial charge >= 0.3 is 0 Å². The highest BCUT2D eigenvalue weighted by Crippen LogP contribution is 2.30. The smallest absolute Gasteiger partial charge is 0.110 e. The molecule has 0 radical (unpaired) electrons. The average Bonchev–Trinajstić information content (AvgIpc) is 2.27. The lowest BCUT2D eigenvalue weighted by Crippen LogP contribution is -2.28. The molecule has 1 aromatic rings. The molecule has 0 spiro atoms. The van der Waals surface area contributed by atoms with E-state index in [4.69, 9.17) is 0 Å². The molecule has 3 heteroatoms. The number of hydrogen-bond acceptors (Lipinski definition) is 3. The number of anilines is 1. The van der Waals surface area contributed by atoms with Crippen LogP contribution in [0, 0.1) is 4.91 Å². The molecular weight excluding hydrogens is 176 g/mol. The van der Waals surface area contributed by atoms with Crippen molar-refractivity contribution in [2.24, 2.45) is 5.18 Å². The Bertz CT molecular complexity index is 349. The van der Waals surface area contributed by atoms with Crippen molar-refractivity contribution >= 4 is 11.4 Å². The lowest BCUT2D eigenvalue weighted by molar-refractivity contribution is 0.708. The molecule has 0 bridgehead atoms. The zero-order chi connectivity index (χ0) is 9.97. The number of aryl methyl sites for hydroxylation is 1. The van der Waals surface area contributed by atoms with Crippen LogP contribution in [0.3, 0.4) is 0 Å². The predicted octanol–water partition coefficient (Wildman–Crippen LogP) is 2.86. The first kappa shape index (κ1) is 9.19. The number of fused-ring (bicyclic) bond motifs is 1. The normalized spacial score (nSPS) is 15.1. The van der Waals surface area contributed by atoms with E-state index < -0.39 is 0 Å². The summed E-state index contributed by atoms with van der Waals surface area (Å²) in [7, 11) is 0. The van der Waals surface area contributed by atoms with Crippen LogP contribution in [0.5, 0.6) is 0 Å². The second-order valence-electron chi connectivity index (χ2n) is 3.59. The molecule has 0 N–H and O–H groups in total. The Balaban J connectivity index is 2.42. The number of benzene rings is 1. The van der Waals surface area contributed by atoms with Crippen molar-refractivity contribution in [2.45, 2.75) is 19.8 Å². The Morgan fingerprint density at radius 1 is 1.50 bits per heavy atom. The molecule has 2 rings (SSSR count). The Morgan fingerprint density at radius 3 is 3.07 bits per heavy atom. The van der Waals surface area contributed by atoms with Crippen molar-refractivity contribution in [2.75, 3.05) is 18.0 Å². The van der Waals surface area contributed by atoms with Crippen LogP contribution in [0.15, 0.2) is 23.4 Å². The van der Waals surface area contributed by atoms with Crippen LogP contribution in [0.1, 0.15) is 18.9 Å². The van der Waals surface area contributed by atoms with E-state index in [1.165, 1.54) is 17.7 Å². The van der Waals surface area contributed by atoms with E-state index in [9.17, 15) is 4.91 Å². The van der Waals surface area contributed by atoms with Gasteiger partial charge in [0.1, 0.15) is 5.69 Å². The molecule has 0 aromatic heterocycles. The van der Waals surface area contributed by atoms with E-state index in [0.717, 1.165) is 19.5 Å². The van der Waals surface area contributed by atoms with Gasteiger partial charge < -0.3 is 4.90 Å². The van der Waals surface area contributed by atoms with Crippen molar-refractivity contribution in [3.8, 4) is 0 Å². The fraction of sp³-hybridized carbons (Fsp3) is 0.455. The topological polar surface area (TPSA) is 32.7 Å². The van der Waals surface area contributed by atoms with Gasteiger partial charge in [-0.1, -0.05) is 6.07 Å². The van der Waals surface area contributed by atoms with Crippen LogP contribution in [-0.4, -0.2) is 13.1 Å². The molecule has 0 atom stereocenters. The van der Waals surface area contributed by atoms with Gasteiger partial charge in [0.15, 0.2) is 0 Å². The maximum absolute atomic E-state index is 10.4. The molecule has 1 heterocycles. The van der Waals surface area contributed by atoms with Crippen molar-refractivity contribution in [3.63, 3.8) is 0 Å². The molecule has 1 aromatic carbocycles. The van der Waals surface area contributed by atoms with Crippen LogP contribution in [0.4, 0.5) is 11.4 Å². The molecule has 74 valence electrons. The Hall–Kier alpha value is -1.38. The van der Waals surface area contributed by atoms with Gasteiger partial charge in [-0.05, 0) is 42.6 Å². The Labute approximate surface area is 83.7 Å². The highest BCUT2D eigenvalue weighted by molar-refractivity contribution is 5.62. The summed E-state index contributed by atoms with van der Waals surface area (Å²) in [5.74, 6) is 0. The van der Waals surface area contributed by atoms with Gasteiger partial charge in [-0.2, -0.15) is 0 Å². The molecule has 0 saturated carbocycles. The van der Waals surface area contributed by atoms with Gasteiger partial charge in [0, 0.05) is 18.8 Å². The largest absolute Gasteiger partial charge is 0.372 e. The van der Waals surface area contributed by atoms with Crippen LogP contribution in [0.25, 0.3) is 0 Å². The molecule has 1 aliphatic rings. The Morgan fingerprint density at radius 2 is 2.36 bits per heavy atom. The van der Waals surface area contributed by atoms with E-state index in [1.54, 1.807) is 6.07 Å². The van der Waals surface area contributed by atoms with E-state index in [2.05, 4.69) is 17.0 Å². The predicted molar refractivity (Wildman–Crippen MR) is 58.1 cm³/mol. The second-order valence-corrected chi connectivity index (χ2v) is 3.59. The van der Waals surface area contributed by atoms with Crippen LogP contribution in [0.2, 0.25) is 0 Å². The number of rotatable bonds is 2. The number of nitrogens with zero attached hydrogens (tertiary/aromatic N) is 2. The molecule has 0 amide bonds. The van der Waals surface area contributed by atoms with Crippen molar-refractivity contribution < 1.29 is 0 Å². The average molecular weight is 190 g/mol. The van der Waals surface area contributed by atoms with Crippen molar-refractivity contribution in [1.82, 2.24) is 0 Å². The first-order chi connectivity index (χ1) is 6.85. The molecule has 0 unspecified atom stereocenters. The van der Waals surface area contributed by atoms with Gasteiger partial charge in [0.2, 0.25) is 0 Å². The van der Waals surface area contributed by atoms with Crippen LogP contribution >= 0.6 is 0 Å². The van der Waals surface area contributed by atoms with Crippen LogP contribution < -0.4 is 4.90 Å². The third-order valence-corrected chi connectivity index (χ3v) is 2.77. The molecular formula is C11H14N2O. The standard InChI is InChI=1S/C11H14N2O/c1-2-13-7-3-4-9-5-6-10(12-14)8-11(9)13/h5-6,8H,2-4,7H2,1H3. The van der Waals surface area contributed by atoms with Crippen molar-refractivity contribution in [1.29, 1.82) is 0 Å². The van der Waals surface area contributed by atoms with E-state index in [-0.39, 0.29) is 0 Å².